The van der Waals surface area contributed by atoms with E-state index in [1.54, 1.807) is 36.6 Å². The first-order chi connectivity index (χ1) is 25.9. The van der Waals surface area contributed by atoms with Crippen molar-refractivity contribution in [2.45, 2.75) is 87.2 Å². The van der Waals surface area contributed by atoms with E-state index >= 15 is 8.78 Å². The Balaban J connectivity index is 1.24. The summed E-state index contributed by atoms with van der Waals surface area (Å²) in [5.74, 6) is -0.101. The van der Waals surface area contributed by atoms with Gasteiger partial charge < -0.3 is 23.8 Å². The zero-order valence-corrected chi connectivity index (χ0v) is 32.1. The first-order valence-corrected chi connectivity index (χ1v) is 19.8. The van der Waals surface area contributed by atoms with Gasteiger partial charge in [0.05, 0.1) is 22.5 Å². The molecule has 5 heterocycles. The van der Waals surface area contributed by atoms with Crippen molar-refractivity contribution in [1.29, 1.82) is 0 Å². The summed E-state index contributed by atoms with van der Waals surface area (Å²) in [5, 5.41) is 1.71. The third kappa shape index (κ3) is 6.68. The van der Waals surface area contributed by atoms with Gasteiger partial charge in [-0.3, -0.25) is 9.80 Å². The number of ether oxygens (including phenoxy) is 4. The van der Waals surface area contributed by atoms with Gasteiger partial charge in [-0.05, 0) is 94.5 Å². The number of methoxy groups -OCH3 is 1. The molecular weight excluding hydrogens is 720 g/mol. The molecule has 0 spiro atoms. The zero-order valence-electron chi connectivity index (χ0n) is 31.3. The van der Waals surface area contributed by atoms with E-state index in [2.05, 4.69) is 9.80 Å². The molecule has 4 saturated heterocycles. The Bertz CT molecular complexity index is 2090. The lowest BCUT2D eigenvalue weighted by Crippen LogP contribution is -2.57. The van der Waals surface area contributed by atoms with Crippen LogP contribution < -0.4 is 14.4 Å². The Kier molecular flexibility index (Phi) is 9.75. The van der Waals surface area contributed by atoms with E-state index < -0.39 is 28.9 Å². The van der Waals surface area contributed by atoms with E-state index in [0.29, 0.717) is 64.2 Å². The van der Waals surface area contributed by atoms with Crippen LogP contribution in [-0.4, -0.2) is 108 Å². The number of thioether (sulfide) groups is 1. The van der Waals surface area contributed by atoms with Crippen LogP contribution in [0.3, 0.4) is 0 Å². The second kappa shape index (κ2) is 14.2. The number of amides is 1. The summed E-state index contributed by atoms with van der Waals surface area (Å²) in [6.07, 6.45) is 4.22. The first-order valence-electron chi connectivity index (χ1n) is 18.6. The van der Waals surface area contributed by atoms with Crippen LogP contribution in [0.1, 0.15) is 52.9 Å². The predicted octanol–water partition coefficient (Wildman–Crippen LogP) is 7.98. The zero-order chi connectivity index (χ0) is 37.9. The second-order valence-electron chi connectivity index (χ2n) is 15.9. The quantitative estimate of drug-likeness (QED) is 0.124. The van der Waals surface area contributed by atoms with Crippen molar-refractivity contribution in [2.24, 2.45) is 0 Å². The molecule has 0 N–H and O–H groups in total. The summed E-state index contributed by atoms with van der Waals surface area (Å²) in [6, 6.07) is 9.75. The number of hydrogen-bond acceptors (Lipinski definition) is 10. The Morgan fingerprint density at radius 1 is 1.02 bits per heavy atom. The highest BCUT2D eigenvalue weighted by Gasteiger charge is 2.50. The third-order valence-electron chi connectivity index (χ3n) is 11.2. The summed E-state index contributed by atoms with van der Waals surface area (Å²) >= 11 is 1.24. The molecule has 10 nitrogen and oxygen atoms in total. The molecule has 4 aromatic rings. The van der Waals surface area contributed by atoms with E-state index in [1.807, 2.05) is 25.7 Å². The predicted molar refractivity (Wildman–Crippen MR) is 202 cm³/mol. The van der Waals surface area contributed by atoms with Gasteiger partial charge in [0.1, 0.15) is 41.3 Å². The molecule has 0 radical (unpaired) electrons. The minimum absolute atomic E-state index is 0.00288. The van der Waals surface area contributed by atoms with Gasteiger partial charge in [-0.15, -0.1) is 11.8 Å². The summed E-state index contributed by atoms with van der Waals surface area (Å²) in [5.41, 5.74) is -0.400. The molecule has 4 aliphatic heterocycles. The molecule has 0 saturated carbocycles. The van der Waals surface area contributed by atoms with E-state index in [4.69, 9.17) is 28.9 Å². The highest BCUT2D eigenvalue weighted by atomic mass is 32.2. The van der Waals surface area contributed by atoms with Crippen molar-refractivity contribution in [2.75, 3.05) is 57.8 Å². The number of rotatable bonds is 9. The highest BCUT2D eigenvalue weighted by Crippen LogP contribution is 2.44. The van der Waals surface area contributed by atoms with Gasteiger partial charge in [0.25, 0.3) is 0 Å². The van der Waals surface area contributed by atoms with Gasteiger partial charge in [-0.25, -0.2) is 18.0 Å². The SMILES string of the molecule is COCOc1cc(-c2ccc3c(N4C[C@H]5CC[C@@H](C4)N5C(=O)OC(C)(C)C)nc(OC[C@@]45CCCN4C[C@H](F)C5)nc3c2F)c2c(SC)c(F)ccc2c1. The number of hydrogen-bond donors (Lipinski definition) is 0. The molecule has 0 unspecified atom stereocenters. The molecule has 54 heavy (non-hydrogen) atoms. The molecule has 0 aliphatic carbocycles. The molecule has 8 rings (SSSR count). The second-order valence-corrected chi connectivity index (χ2v) is 16.7. The smallest absolute Gasteiger partial charge is 0.410 e. The number of halogens is 3. The summed E-state index contributed by atoms with van der Waals surface area (Å²) in [6.45, 7) is 7.82. The van der Waals surface area contributed by atoms with Crippen molar-refractivity contribution in [3.8, 4) is 22.9 Å². The van der Waals surface area contributed by atoms with Crippen LogP contribution in [0.15, 0.2) is 41.3 Å². The van der Waals surface area contributed by atoms with Crippen molar-refractivity contribution in [3.63, 3.8) is 0 Å². The van der Waals surface area contributed by atoms with Crippen molar-refractivity contribution in [3.05, 3.63) is 48.0 Å². The van der Waals surface area contributed by atoms with Gasteiger partial charge >= 0.3 is 12.1 Å². The van der Waals surface area contributed by atoms with E-state index in [1.165, 1.54) is 24.9 Å². The minimum atomic E-state index is -0.937. The van der Waals surface area contributed by atoms with Crippen LogP contribution >= 0.6 is 11.8 Å². The molecule has 1 amide bonds. The van der Waals surface area contributed by atoms with Crippen LogP contribution in [0.4, 0.5) is 23.8 Å². The highest BCUT2D eigenvalue weighted by molar-refractivity contribution is 7.98. The molecule has 1 aromatic heterocycles. The molecule has 14 heteroatoms. The van der Waals surface area contributed by atoms with Crippen LogP contribution in [0.5, 0.6) is 11.8 Å². The van der Waals surface area contributed by atoms with E-state index in [9.17, 15) is 9.18 Å². The molecule has 3 aromatic carbocycles. The fraction of sp³-hybridized carbons (Fsp3) is 0.525. The molecular formula is C40H46F3N5O5S. The van der Waals surface area contributed by atoms with E-state index in [0.717, 1.165) is 32.2 Å². The standard InChI is InChI=1S/C40H46F3N5O5S/c1-39(2,3)53-38(49)48-25-8-9-26(48)20-46(19-25)36-29-11-10-28(30-16-27(52-22-50-4)15-23-7-12-31(42)35(54-5)32(23)30)33(43)34(29)44-37(45-36)51-21-40-13-6-14-47(40)18-24(41)17-40/h7,10-12,15-16,24-26H,6,8-9,13-14,17-22H2,1-5H3/t24-,25-,26+,40+/m1/s1. The molecule has 4 atom stereocenters. The lowest BCUT2D eigenvalue weighted by atomic mass is 9.95. The summed E-state index contributed by atoms with van der Waals surface area (Å²) in [7, 11) is 1.51. The maximum absolute atomic E-state index is 17.4. The van der Waals surface area contributed by atoms with Crippen LogP contribution in [0.2, 0.25) is 0 Å². The number of alkyl halides is 1. The maximum Gasteiger partial charge on any atom is 0.410 e. The number of anilines is 1. The van der Waals surface area contributed by atoms with Gasteiger partial charge in [0.2, 0.25) is 0 Å². The topological polar surface area (TPSA) is 89.5 Å². The normalized spacial score (nSPS) is 24.1. The molecule has 4 fully saturated rings. The summed E-state index contributed by atoms with van der Waals surface area (Å²) in [4.78, 5) is 29.4. The first kappa shape index (κ1) is 36.9. The number of nitrogens with zero attached hydrogens (tertiary/aromatic N) is 5. The average molecular weight is 766 g/mol. The van der Waals surface area contributed by atoms with Gasteiger partial charge in [-0.1, -0.05) is 12.1 Å². The molecule has 2 bridgehead atoms. The van der Waals surface area contributed by atoms with Crippen molar-refractivity contribution in [1.82, 2.24) is 19.8 Å². The fourth-order valence-electron chi connectivity index (χ4n) is 8.98. The molecule has 288 valence electrons. The molecule has 4 aliphatic rings. The number of carbonyl (C=O) groups excluding carboxylic acids is 1. The number of fused-ring (bicyclic) bond motifs is 5. The monoisotopic (exact) mass is 765 g/mol. The largest absolute Gasteiger partial charge is 0.468 e. The van der Waals surface area contributed by atoms with Crippen LogP contribution in [0.25, 0.3) is 32.8 Å². The third-order valence-corrected chi connectivity index (χ3v) is 12.0. The maximum atomic E-state index is 17.4. The Hall–Kier alpha value is -4.01. The van der Waals surface area contributed by atoms with Crippen LogP contribution in [0, 0.1) is 11.6 Å². The van der Waals surface area contributed by atoms with Gasteiger partial charge in [0.15, 0.2) is 12.6 Å². The average Bonchev–Trinajstić information content (AvgIpc) is 3.75. The van der Waals surface area contributed by atoms with Gasteiger partial charge in [-0.2, -0.15) is 9.97 Å². The van der Waals surface area contributed by atoms with Crippen molar-refractivity contribution < 1.29 is 36.9 Å². The van der Waals surface area contributed by atoms with Crippen LogP contribution in [-0.2, 0) is 9.47 Å². The van der Waals surface area contributed by atoms with E-state index in [-0.39, 0.29) is 48.7 Å². The number of piperazine rings is 1. The Morgan fingerprint density at radius 3 is 2.52 bits per heavy atom. The Morgan fingerprint density at radius 2 is 1.80 bits per heavy atom. The lowest BCUT2D eigenvalue weighted by Gasteiger charge is -2.42. The number of benzene rings is 3. The van der Waals surface area contributed by atoms with Crippen molar-refractivity contribution >= 4 is 45.3 Å². The Labute approximate surface area is 317 Å². The number of aromatic nitrogens is 2. The van der Waals surface area contributed by atoms with Gasteiger partial charge in [0, 0.05) is 49.5 Å². The number of carbonyl (C=O) groups is 1. The minimum Gasteiger partial charge on any atom is -0.468 e. The fourth-order valence-corrected chi connectivity index (χ4v) is 9.67. The summed E-state index contributed by atoms with van der Waals surface area (Å²) < 4.78 is 70.4. The lowest BCUT2D eigenvalue weighted by molar-refractivity contribution is 0.0122.